The summed E-state index contributed by atoms with van der Waals surface area (Å²) in [5, 5.41) is 3.11. The highest BCUT2D eigenvalue weighted by Gasteiger charge is 2.43. The molecule has 1 aliphatic heterocycles. The number of nitrogens with one attached hydrogen (secondary N) is 1. The zero-order valence-corrected chi connectivity index (χ0v) is 8.58. The van der Waals surface area contributed by atoms with Crippen molar-refractivity contribution < 1.29 is 9.59 Å². The third-order valence-electron chi connectivity index (χ3n) is 3.71. The Morgan fingerprint density at radius 3 is 2.50 bits per heavy atom. The fourth-order valence-electron chi connectivity index (χ4n) is 2.77. The van der Waals surface area contributed by atoms with Crippen molar-refractivity contribution >= 4 is 12.2 Å². The molecular weight excluding hydrogens is 178 g/mol. The summed E-state index contributed by atoms with van der Waals surface area (Å²) in [6, 6.07) is 0. The van der Waals surface area contributed by atoms with E-state index in [1.807, 2.05) is 6.92 Å². The molecule has 0 radical (unpaired) electrons. The number of carbonyl (C=O) groups is 2. The SMILES string of the molecule is CC1CC2(CCC(C=O)CC2)NC1=O. The lowest BCUT2D eigenvalue weighted by atomic mass is 9.75. The highest BCUT2D eigenvalue weighted by Crippen LogP contribution is 2.39. The Hall–Kier alpha value is -0.860. The van der Waals surface area contributed by atoms with Crippen molar-refractivity contribution in [2.75, 3.05) is 0 Å². The highest BCUT2D eigenvalue weighted by molar-refractivity contribution is 5.81. The number of rotatable bonds is 1. The van der Waals surface area contributed by atoms with E-state index in [-0.39, 0.29) is 23.3 Å². The zero-order valence-electron chi connectivity index (χ0n) is 8.58. The summed E-state index contributed by atoms with van der Waals surface area (Å²) < 4.78 is 0. The molecule has 1 atom stereocenters. The first-order valence-electron chi connectivity index (χ1n) is 5.42. The van der Waals surface area contributed by atoms with E-state index in [1.54, 1.807) is 0 Å². The molecule has 0 aromatic carbocycles. The largest absolute Gasteiger partial charge is 0.350 e. The zero-order chi connectivity index (χ0) is 10.2. The van der Waals surface area contributed by atoms with Crippen molar-refractivity contribution in [2.24, 2.45) is 11.8 Å². The predicted molar refractivity (Wildman–Crippen MR) is 52.7 cm³/mol. The van der Waals surface area contributed by atoms with Gasteiger partial charge in [0.05, 0.1) is 0 Å². The molecular formula is C11H17NO2. The Kier molecular flexibility index (Phi) is 2.33. The molecule has 1 saturated carbocycles. The average Bonchev–Trinajstić information content (AvgIpc) is 2.44. The number of hydrogen-bond donors (Lipinski definition) is 1. The van der Waals surface area contributed by atoms with Gasteiger partial charge in [0.1, 0.15) is 6.29 Å². The molecule has 0 bridgehead atoms. The number of carbonyl (C=O) groups excluding carboxylic acids is 2. The number of amides is 1. The molecule has 3 nitrogen and oxygen atoms in total. The van der Waals surface area contributed by atoms with Crippen molar-refractivity contribution in [1.29, 1.82) is 0 Å². The maximum absolute atomic E-state index is 11.4. The molecule has 2 fully saturated rings. The molecule has 14 heavy (non-hydrogen) atoms. The van der Waals surface area contributed by atoms with Gasteiger partial charge in [0.25, 0.3) is 0 Å². The molecule has 1 aliphatic carbocycles. The Morgan fingerprint density at radius 1 is 1.43 bits per heavy atom. The second-order valence-electron chi connectivity index (χ2n) is 4.85. The van der Waals surface area contributed by atoms with Crippen LogP contribution in [0, 0.1) is 11.8 Å². The first kappa shape index (κ1) is 9.69. The Labute approximate surface area is 84.2 Å². The fourth-order valence-corrected chi connectivity index (χ4v) is 2.77. The minimum absolute atomic E-state index is 0.0377. The molecule has 0 aromatic rings. The summed E-state index contributed by atoms with van der Waals surface area (Å²) in [6.07, 6.45) is 5.86. The summed E-state index contributed by atoms with van der Waals surface area (Å²) >= 11 is 0. The smallest absolute Gasteiger partial charge is 0.223 e. The van der Waals surface area contributed by atoms with Crippen LogP contribution in [0.2, 0.25) is 0 Å². The van der Waals surface area contributed by atoms with E-state index in [1.165, 1.54) is 0 Å². The quantitative estimate of drug-likeness (QED) is 0.640. The van der Waals surface area contributed by atoms with Crippen LogP contribution in [0.15, 0.2) is 0 Å². The minimum atomic E-state index is 0.0377. The normalized spacial score (nSPS) is 42.5. The topological polar surface area (TPSA) is 46.2 Å². The Balaban J connectivity index is 2.00. The lowest BCUT2D eigenvalue weighted by Crippen LogP contribution is -2.44. The standard InChI is InChI=1S/C11H17NO2/c1-8-6-11(12-10(8)14)4-2-9(7-13)3-5-11/h7-9H,2-6H2,1H3,(H,12,14). The summed E-state index contributed by atoms with van der Waals surface area (Å²) in [7, 11) is 0. The molecule has 2 aliphatic rings. The molecule has 78 valence electrons. The van der Waals surface area contributed by atoms with Crippen LogP contribution in [0.5, 0.6) is 0 Å². The summed E-state index contributed by atoms with van der Waals surface area (Å²) in [5.74, 6) is 0.575. The minimum Gasteiger partial charge on any atom is -0.350 e. The van der Waals surface area contributed by atoms with Crippen LogP contribution in [0.4, 0.5) is 0 Å². The molecule has 1 amide bonds. The van der Waals surface area contributed by atoms with Gasteiger partial charge in [-0.15, -0.1) is 0 Å². The predicted octanol–water partition coefficient (Wildman–Crippen LogP) is 1.27. The second kappa shape index (κ2) is 3.37. The van der Waals surface area contributed by atoms with Crippen molar-refractivity contribution in [3.8, 4) is 0 Å². The Bertz CT molecular complexity index is 254. The maximum Gasteiger partial charge on any atom is 0.223 e. The van der Waals surface area contributed by atoms with Crippen molar-refractivity contribution in [3.63, 3.8) is 0 Å². The first-order chi connectivity index (χ1) is 6.65. The van der Waals surface area contributed by atoms with Gasteiger partial charge in [0, 0.05) is 17.4 Å². The lowest BCUT2D eigenvalue weighted by molar-refractivity contribution is -0.122. The van der Waals surface area contributed by atoms with Gasteiger partial charge >= 0.3 is 0 Å². The van der Waals surface area contributed by atoms with Crippen LogP contribution >= 0.6 is 0 Å². The van der Waals surface area contributed by atoms with E-state index in [4.69, 9.17) is 0 Å². The van der Waals surface area contributed by atoms with Gasteiger partial charge in [0.15, 0.2) is 0 Å². The van der Waals surface area contributed by atoms with Crippen LogP contribution in [-0.4, -0.2) is 17.7 Å². The molecule has 1 heterocycles. The van der Waals surface area contributed by atoms with Gasteiger partial charge in [-0.05, 0) is 32.1 Å². The third kappa shape index (κ3) is 1.56. The summed E-state index contributed by atoms with van der Waals surface area (Å²) in [4.78, 5) is 22.0. The average molecular weight is 195 g/mol. The van der Waals surface area contributed by atoms with Crippen LogP contribution in [0.1, 0.15) is 39.0 Å². The van der Waals surface area contributed by atoms with Gasteiger partial charge in [-0.2, -0.15) is 0 Å². The fraction of sp³-hybridized carbons (Fsp3) is 0.818. The number of hydrogen-bond acceptors (Lipinski definition) is 2. The van der Waals surface area contributed by atoms with E-state index < -0.39 is 0 Å². The van der Waals surface area contributed by atoms with Gasteiger partial charge in [-0.25, -0.2) is 0 Å². The second-order valence-corrected chi connectivity index (χ2v) is 4.85. The van der Waals surface area contributed by atoms with Crippen molar-refractivity contribution in [1.82, 2.24) is 5.32 Å². The molecule has 3 heteroatoms. The summed E-state index contributed by atoms with van der Waals surface area (Å²) in [6.45, 7) is 1.98. The monoisotopic (exact) mass is 195 g/mol. The maximum atomic E-state index is 11.4. The molecule has 1 spiro atoms. The van der Waals surface area contributed by atoms with Gasteiger partial charge < -0.3 is 10.1 Å². The Morgan fingerprint density at radius 2 is 2.07 bits per heavy atom. The van der Waals surface area contributed by atoms with Crippen LogP contribution in [0.3, 0.4) is 0 Å². The number of aldehydes is 1. The van der Waals surface area contributed by atoms with Crippen LogP contribution in [0.25, 0.3) is 0 Å². The van der Waals surface area contributed by atoms with E-state index in [0.29, 0.717) is 0 Å². The van der Waals surface area contributed by atoms with Gasteiger partial charge in [0.2, 0.25) is 5.91 Å². The van der Waals surface area contributed by atoms with E-state index in [9.17, 15) is 9.59 Å². The molecule has 1 N–H and O–H groups in total. The van der Waals surface area contributed by atoms with E-state index in [2.05, 4.69) is 5.32 Å². The molecule has 1 saturated heterocycles. The third-order valence-corrected chi connectivity index (χ3v) is 3.71. The van der Waals surface area contributed by atoms with Gasteiger partial charge in [-0.1, -0.05) is 6.92 Å². The van der Waals surface area contributed by atoms with E-state index >= 15 is 0 Å². The molecule has 2 rings (SSSR count). The lowest BCUT2D eigenvalue weighted by Gasteiger charge is -2.35. The van der Waals surface area contributed by atoms with Crippen LogP contribution < -0.4 is 5.32 Å². The van der Waals surface area contributed by atoms with E-state index in [0.717, 1.165) is 38.4 Å². The first-order valence-corrected chi connectivity index (χ1v) is 5.42. The van der Waals surface area contributed by atoms with Gasteiger partial charge in [-0.3, -0.25) is 4.79 Å². The van der Waals surface area contributed by atoms with Crippen molar-refractivity contribution in [3.05, 3.63) is 0 Å². The molecule has 0 aromatic heterocycles. The molecule has 1 unspecified atom stereocenters. The van der Waals surface area contributed by atoms with Crippen molar-refractivity contribution in [2.45, 2.75) is 44.6 Å². The highest BCUT2D eigenvalue weighted by atomic mass is 16.2. The summed E-state index contributed by atoms with van der Waals surface area (Å²) in [5.41, 5.74) is 0.0377. The van der Waals surface area contributed by atoms with Crippen LogP contribution in [-0.2, 0) is 9.59 Å².